The van der Waals surface area contributed by atoms with Gasteiger partial charge >= 0.3 is 0 Å². The van der Waals surface area contributed by atoms with Crippen LogP contribution in [0.4, 0.5) is 5.82 Å². The highest BCUT2D eigenvalue weighted by atomic mass is 16.5. The van der Waals surface area contributed by atoms with Gasteiger partial charge in [-0.05, 0) is 44.4 Å². The highest BCUT2D eigenvalue weighted by molar-refractivity contribution is 5.92. The number of carbonyl (C=O) groups is 1. The summed E-state index contributed by atoms with van der Waals surface area (Å²) in [6.45, 7) is 6.43. The summed E-state index contributed by atoms with van der Waals surface area (Å²) in [5.74, 6) is 2.38. The Bertz CT molecular complexity index is 780. The third kappa shape index (κ3) is 5.84. The van der Waals surface area contributed by atoms with Crippen molar-refractivity contribution >= 4 is 11.7 Å². The topological polar surface area (TPSA) is 85.4 Å². The smallest absolute Gasteiger partial charge is 0.270 e. The number of hydrogen-bond acceptors (Lipinski definition) is 6. The van der Waals surface area contributed by atoms with E-state index in [2.05, 4.69) is 34.4 Å². The molecule has 0 spiro atoms. The number of aromatic nitrogens is 2. The molecule has 1 unspecified atom stereocenters. The van der Waals surface area contributed by atoms with E-state index in [-0.39, 0.29) is 11.9 Å². The molecule has 1 heterocycles. The van der Waals surface area contributed by atoms with Crippen molar-refractivity contribution in [3.05, 3.63) is 41.3 Å². The summed E-state index contributed by atoms with van der Waals surface area (Å²) in [4.78, 5) is 21.0. The van der Waals surface area contributed by atoms with Crippen LogP contribution in [-0.2, 0) is 6.42 Å². The second-order valence-corrected chi connectivity index (χ2v) is 6.33. The first-order valence-corrected chi connectivity index (χ1v) is 9.08. The standard InChI is InChI=1S/C20H28N4O3/c1-6-13(2)22-19-12-16(23-14(3)24-19)20(25)21-10-9-15-7-8-17(26-4)18(11-15)27-5/h7-8,11-13H,6,9-10H2,1-5H3,(H,21,25)(H,22,23,24). The Labute approximate surface area is 160 Å². The van der Waals surface area contributed by atoms with Gasteiger partial charge in [-0.2, -0.15) is 0 Å². The Balaban J connectivity index is 1.97. The van der Waals surface area contributed by atoms with Crippen LogP contribution in [0.2, 0.25) is 0 Å². The number of rotatable bonds is 9. The number of aryl methyl sites for hydroxylation is 1. The Kier molecular flexibility index (Phi) is 7.40. The summed E-state index contributed by atoms with van der Waals surface area (Å²) < 4.78 is 10.5. The minimum Gasteiger partial charge on any atom is -0.493 e. The van der Waals surface area contributed by atoms with Gasteiger partial charge in [-0.1, -0.05) is 13.0 Å². The number of nitrogens with zero attached hydrogens (tertiary/aromatic N) is 2. The highest BCUT2D eigenvalue weighted by Crippen LogP contribution is 2.27. The van der Waals surface area contributed by atoms with E-state index >= 15 is 0 Å². The summed E-state index contributed by atoms with van der Waals surface area (Å²) in [5.41, 5.74) is 1.41. The fraction of sp³-hybridized carbons (Fsp3) is 0.450. The van der Waals surface area contributed by atoms with Crippen molar-refractivity contribution in [2.45, 2.75) is 39.7 Å². The molecule has 7 nitrogen and oxygen atoms in total. The third-order valence-corrected chi connectivity index (χ3v) is 4.22. The third-order valence-electron chi connectivity index (χ3n) is 4.22. The van der Waals surface area contributed by atoms with Gasteiger partial charge in [-0.3, -0.25) is 4.79 Å². The molecule has 0 aliphatic rings. The van der Waals surface area contributed by atoms with Gasteiger partial charge in [0.25, 0.3) is 5.91 Å². The summed E-state index contributed by atoms with van der Waals surface area (Å²) in [5, 5.41) is 6.18. The number of carbonyl (C=O) groups excluding carboxylic acids is 1. The molecule has 1 aromatic carbocycles. The van der Waals surface area contributed by atoms with Crippen molar-refractivity contribution in [3.8, 4) is 11.5 Å². The summed E-state index contributed by atoms with van der Waals surface area (Å²) >= 11 is 0. The molecule has 0 aliphatic heterocycles. The molecule has 2 rings (SSSR count). The molecule has 0 fully saturated rings. The van der Waals surface area contributed by atoms with Gasteiger partial charge in [-0.25, -0.2) is 9.97 Å². The number of methoxy groups -OCH3 is 2. The maximum Gasteiger partial charge on any atom is 0.270 e. The van der Waals surface area contributed by atoms with Gasteiger partial charge in [0, 0.05) is 18.7 Å². The number of amides is 1. The van der Waals surface area contributed by atoms with Gasteiger partial charge in [0.05, 0.1) is 14.2 Å². The molecule has 0 saturated carbocycles. The maximum absolute atomic E-state index is 12.4. The number of anilines is 1. The maximum atomic E-state index is 12.4. The highest BCUT2D eigenvalue weighted by Gasteiger charge is 2.12. The van der Waals surface area contributed by atoms with Crippen LogP contribution in [0.15, 0.2) is 24.3 Å². The largest absolute Gasteiger partial charge is 0.493 e. The van der Waals surface area contributed by atoms with Crippen molar-refractivity contribution in [2.24, 2.45) is 0 Å². The van der Waals surface area contributed by atoms with Gasteiger partial charge in [0.2, 0.25) is 0 Å². The lowest BCUT2D eigenvalue weighted by atomic mass is 10.1. The van der Waals surface area contributed by atoms with Crippen molar-refractivity contribution < 1.29 is 14.3 Å². The first-order valence-electron chi connectivity index (χ1n) is 9.08. The molecule has 2 aromatic rings. The minimum absolute atomic E-state index is 0.215. The van der Waals surface area contributed by atoms with Gasteiger partial charge in [-0.15, -0.1) is 0 Å². The van der Waals surface area contributed by atoms with Crippen molar-refractivity contribution in [1.82, 2.24) is 15.3 Å². The van der Waals surface area contributed by atoms with E-state index in [0.717, 1.165) is 12.0 Å². The van der Waals surface area contributed by atoms with Crippen LogP contribution in [0.3, 0.4) is 0 Å². The quantitative estimate of drug-likeness (QED) is 0.704. The predicted octanol–water partition coefficient (Wildman–Crippen LogP) is 2.99. The normalized spacial score (nSPS) is 11.6. The molecule has 146 valence electrons. The summed E-state index contributed by atoms with van der Waals surface area (Å²) in [7, 11) is 3.21. The number of ether oxygens (including phenoxy) is 2. The van der Waals surface area contributed by atoms with E-state index in [1.807, 2.05) is 18.2 Å². The van der Waals surface area contributed by atoms with Crippen LogP contribution < -0.4 is 20.1 Å². The van der Waals surface area contributed by atoms with Crippen LogP contribution in [0.25, 0.3) is 0 Å². The molecule has 1 aromatic heterocycles. The predicted molar refractivity (Wildman–Crippen MR) is 106 cm³/mol. The Morgan fingerprint density at radius 1 is 1.15 bits per heavy atom. The molecular weight excluding hydrogens is 344 g/mol. The fourth-order valence-corrected chi connectivity index (χ4v) is 2.56. The zero-order valence-corrected chi connectivity index (χ0v) is 16.6. The van der Waals surface area contributed by atoms with E-state index in [0.29, 0.717) is 41.8 Å². The second-order valence-electron chi connectivity index (χ2n) is 6.33. The summed E-state index contributed by atoms with van der Waals surface area (Å²) in [6.07, 6.45) is 1.64. The van der Waals surface area contributed by atoms with Crippen molar-refractivity contribution in [2.75, 3.05) is 26.1 Å². The number of benzene rings is 1. The Morgan fingerprint density at radius 2 is 1.89 bits per heavy atom. The lowest BCUT2D eigenvalue weighted by Crippen LogP contribution is -2.27. The van der Waals surface area contributed by atoms with E-state index < -0.39 is 0 Å². The van der Waals surface area contributed by atoms with Crippen molar-refractivity contribution in [1.29, 1.82) is 0 Å². The van der Waals surface area contributed by atoms with Crippen LogP contribution in [-0.4, -0.2) is 42.7 Å². The van der Waals surface area contributed by atoms with Crippen molar-refractivity contribution in [3.63, 3.8) is 0 Å². The zero-order chi connectivity index (χ0) is 19.8. The van der Waals surface area contributed by atoms with E-state index in [1.165, 1.54) is 0 Å². The monoisotopic (exact) mass is 372 g/mol. The van der Waals surface area contributed by atoms with Crippen LogP contribution in [0.1, 0.15) is 42.1 Å². The Hall–Kier alpha value is -2.83. The molecule has 0 radical (unpaired) electrons. The van der Waals surface area contributed by atoms with Gasteiger partial charge < -0.3 is 20.1 Å². The SMILES string of the molecule is CCC(C)Nc1cc(C(=O)NCCc2ccc(OC)c(OC)c2)nc(C)n1. The molecular formula is C20H28N4O3. The molecule has 27 heavy (non-hydrogen) atoms. The fourth-order valence-electron chi connectivity index (χ4n) is 2.56. The lowest BCUT2D eigenvalue weighted by Gasteiger charge is -2.13. The van der Waals surface area contributed by atoms with E-state index in [4.69, 9.17) is 9.47 Å². The average molecular weight is 372 g/mol. The van der Waals surface area contributed by atoms with Gasteiger partial charge in [0.1, 0.15) is 17.3 Å². The molecule has 2 N–H and O–H groups in total. The number of nitrogens with one attached hydrogen (secondary N) is 2. The molecule has 7 heteroatoms. The molecule has 0 saturated heterocycles. The first kappa shape index (κ1) is 20.5. The van der Waals surface area contributed by atoms with Crippen LogP contribution in [0, 0.1) is 6.92 Å². The van der Waals surface area contributed by atoms with Crippen LogP contribution in [0.5, 0.6) is 11.5 Å². The minimum atomic E-state index is -0.215. The molecule has 1 amide bonds. The summed E-state index contributed by atoms with van der Waals surface area (Å²) in [6, 6.07) is 7.69. The zero-order valence-electron chi connectivity index (χ0n) is 16.6. The van der Waals surface area contributed by atoms with Gasteiger partial charge in [0.15, 0.2) is 11.5 Å². The Morgan fingerprint density at radius 3 is 2.56 bits per heavy atom. The lowest BCUT2D eigenvalue weighted by molar-refractivity contribution is 0.0948. The number of hydrogen-bond donors (Lipinski definition) is 2. The van der Waals surface area contributed by atoms with E-state index in [9.17, 15) is 4.79 Å². The van der Waals surface area contributed by atoms with E-state index in [1.54, 1.807) is 27.2 Å². The molecule has 0 bridgehead atoms. The first-order chi connectivity index (χ1) is 13.0. The second kappa shape index (κ2) is 9.75. The average Bonchev–Trinajstić information content (AvgIpc) is 2.67. The molecule has 1 atom stereocenters. The van der Waals surface area contributed by atoms with Crippen LogP contribution >= 0.6 is 0 Å². The molecule has 0 aliphatic carbocycles.